The summed E-state index contributed by atoms with van der Waals surface area (Å²) in [6, 6.07) is 6.83. The number of carbonyl (C=O) groups is 2. The van der Waals surface area contributed by atoms with Crippen LogP contribution in [0.3, 0.4) is 0 Å². The van der Waals surface area contributed by atoms with Gasteiger partial charge >= 0.3 is 5.97 Å². The van der Waals surface area contributed by atoms with Crippen LogP contribution in [0.25, 0.3) is 0 Å². The van der Waals surface area contributed by atoms with Crippen LogP contribution in [-0.4, -0.2) is 22.0 Å². The highest BCUT2D eigenvalue weighted by Crippen LogP contribution is 2.25. The lowest BCUT2D eigenvalue weighted by Crippen LogP contribution is -2.31. The molecule has 0 aliphatic rings. The summed E-state index contributed by atoms with van der Waals surface area (Å²) in [6.45, 7) is 0. The second-order valence-electron chi connectivity index (χ2n) is 4.61. The molecule has 0 saturated heterocycles. The van der Waals surface area contributed by atoms with E-state index in [9.17, 15) is 18.4 Å². The van der Waals surface area contributed by atoms with Gasteiger partial charge in [0.05, 0.1) is 12.5 Å². The molecule has 0 bridgehead atoms. The third-order valence-corrected chi connectivity index (χ3v) is 3.34. The molecule has 0 aliphatic heterocycles. The van der Waals surface area contributed by atoms with Crippen molar-refractivity contribution in [2.75, 3.05) is 0 Å². The third-order valence-electron chi connectivity index (χ3n) is 2.99. The zero-order chi connectivity index (χ0) is 17.0. The van der Waals surface area contributed by atoms with Gasteiger partial charge in [-0.1, -0.05) is 29.8 Å². The van der Waals surface area contributed by atoms with Gasteiger partial charge in [-0.3, -0.25) is 9.59 Å². The van der Waals surface area contributed by atoms with E-state index in [1.165, 1.54) is 12.1 Å². The van der Waals surface area contributed by atoms with Gasteiger partial charge in [0.15, 0.2) is 11.5 Å². The lowest BCUT2D eigenvalue weighted by Gasteiger charge is -2.18. The zero-order valence-electron chi connectivity index (χ0n) is 11.6. The van der Waals surface area contributed by atoms with E-state index < -0.39 is 41.8 Å². The summed E-state index contributed by atoms with van der Waals surface area (Å²) in [7, 11) is 0. The van der Waals surface area contributed by atoms with Crippen LogP contribution in [0.1, 0.15) is 28.5 Å². The summed E-state index contributed by atoms with van der Waals surface area (Å²) >= 11 is 5.99. The number of pyridine rings is 1. The maximum atomic E-state index is 13.6. The van der Waals surface area contributed by atoms with Crippen LogP contribution in [0.15, 0.2) is 36.4 Å². The van der Waals surface area contributed by atoms with E-state index in [4.69, 9.17) is 16.7 Å². The van der Waals surface area contributed by atoms with E-state index >= 15 is 0 Å². The minimum Gasteiger partial charge on any atom is -0.481 e. The van der Waals surface area contributed by atoms with E-state index in [0.29, 0.717) is 5.56 Å². The Bertz CT molecular complexity index is 755. The van der Waals surface area contributed by atoms with Gasteiger partial charge in [-0.25, -0.2) is 9.37 Å². The van der Waals surface area contributed by atoms with Gasteiger partial charge in [0.25, 0.3) is 5.91 Å². The smallest absolute Gasteiger partial charge is 0.305 e. The molecule has 0 spiro atoms. The number of aliphatic carboxylic acids is 1. The Labute approximate surface area is 134 Å². The Kier molecular flexibility index (Phi) is 5.23. The Morgan fingerprint density at radius 3 is 2.57 bits per heavy atom. The minimum atomic E-state index is -1.19. The first-order valence-electron chi connectivity index (χ1n) is 6.47. The molecule has 1 unspecified atom stereocenters. The number of carboxylic acids is 1. The molecule has 0 aliphatic carbocycles. The fourth-order valence-electron chi connectivity index (χ4n) is 1.98. The molecule has 1 atom stereocenters. The first-order valence-corrected chi connectivity index (χ1v) is 6.85. The van der Waals surface area contributed by atoms with Gasteiger partial charge in [0.1, 0.15) is 0 Å². The van der Waals surface area contributed by atoms with Gasteiger partial charge in [-0.15, -0.1) is 0 Å². The molecule has 2 rings (SSSR count). The van der Waals surface area contributed by atoms with Gasteiger partial charge < -0.3 is 10.4 Å². The normalized spacial score (nSPS) is 11.8. The number of nitrogens with zero attached hydrogens (tertiary/aromatic N) is 1. The zero-order valence-corrected chi connectivity index (χ0v) is 12.3. The highest BCUT2D eigenvalue weighted by Gasteiger charge is 2.23. The van der Waals surface area contributed by atoms with E-state index in [1.807, 2.05) is 0 Å². The number of carboxylic acid groups (broad SMARTS) is 1. The molecule has 0 fully saturated rings. The average Bonchev–Trinajstić information content (AvgIpc) is 2.49. The van der Waals surface area contributed by atoms with Gasteiger partial charge in [0, 0.05) is 5.02 Å². The molecule has 2 N–H and O–H groups in total. The van der Waals surface area contributed by atoms with Crippen LogP contribution in [0.2, 0.25) is 5.02 Å². The molecule has 1 aromatic heterocycles. The second kappa shape index (κ2) is 7.15. The van der Waals surface area contributed by atoms with Crippen LogP contribution >= 0.6 is 11.6 Å². The summed E-state index contributed by atoms with van der Waals surface area (Å²) in [4.78, 5) is 26.3. The summed E-state index contributed by atoms with van der Waals surface area (Å²) in [6.07, 6.45) is -0.480. The van der Waals surface area contributed by atoms with Crippen molar-refractivity contribution in [3.8, 4) is 0 Å². The van der Waals surface area contributed by atoms with Crippen molar-refractivity contribution < 1.29 is 23.5 Å². The first-order chi connectivity index (χ1) is 10.9. The fraction of sp³-hybridized carbons (Fsp3) is 0.133. The number of hydrogen-bond acceptors (Lipinski definition) is 3. The average molecular weight is 341 g/mol. The number of carbonyl (C=O) groups excluding carboxylic acids is 1. The SMILES string of the molecule is O=C(O)CC(NC(=O)c1nc(F)ccc1F)c1ccccc1Cl. The van der Waals surface area contributed by atoms with Gasteiger partial charge in [0.2, 0.25) is 5.95 Å². The van der Waals surface area contributed by atoms with Crippen LogP contribution < -0.4 is 5.32 Å². The van der Waals surface area contributed by atoms with Gasteiger partial charge in [-0.05, 0) is 23.8 Å². The molecular formula is C15H11ClF2N2O3. The first kappa shape index (κ1) is 16.8. The predicted octanol–water partition coefficient (Wildman–Crippen LogP) is 2.96. The second-order valence-corrected chi connectivity index (χ2v) is 5.02. The molecular weight excluding hydrogens is 330 g/mol. The van der Waals surface area contributed by atoms with Crippen molar-refractivity contribution in [1.29, 1.82) is 0 Å². The predicted molar refractivity (Wildman–Crippen MR) is 78.1 cm³/mol. The van der Waals surface area contributed by atoms with Crippen molar-refractivity contribution in [2.24, 2.45) is 0 Å². The molecule has 1 aromatic carbocycles. The summed E-state index contributed by atoms with van der Waals surface area (Å²) in [5.41, 5.74) is -0.408. The maximum Gasteiger partial charge on any atom is 0.305 e. The Balaban J connectivity index is 2.31. The third kappa shape index (κ3) is 4.23. The standard InChI is InChI=1S/C15H11ClF2N2O3/c16-9-4-2-1-3-8(9)11(7-13(21)22)19-15(23)14-10(17)5-6-12(18)20-14/h1-6,11H,7H2,(H,19,23)(H,21,22). The highest BCUT2D eigenvalue weighted by molar-refractivity contribution is 6.31. The van der Waals surface area contributed by atoms with Gasteiger partial charge in [-0.2, -0.15) is 4.39 Å². The number of rotatable bonds is 5. The largest absolute Gasteiger partial charge is 0.481 e. The van der Waals surface area contributed by atoms with E-state index in [1.54, 1.807) is 12.1 Å². The number of halogens is 3. The molecule has 1 heterocycles. The number of nitrogens with one attached hydrogen (secondary N) is 1. The molecule has 120 valence electrons. The van der Waals surface area contributed by atoms with Crippen LogP contribution in [0.4, 0.5) is 8.78 Å². The maximum absolute atomic E-state index is 13.6. The van der Waals surface area contributed by atoms with E-state index in [2.05, 4.69) is 10.3 Å². The minimum absolute atomic E-state index is 0.242. The summed E-state index contributed by atoms with van der Waals surface area (Å²) < 4.78 is 26.7. The topological polar surface area (TPSA) is 79.3 Å². The molecule has 0 radical (unpaired) electrons. The van der Waals surface area contributed by atoms with Crippen LogP contribution in [0.5, 0.6) is 0 Å². The Hall–Kier alpha value is -2.54. The fourth-order valence-corrected chi connectivity index (χ4v) is 2.24. The lowest BCUT2D eigenvalue weighted by atomic mass is 10.0. The van der Waals surface area contributed by atoms with Crippen molar-refractivity contribution in [2.45, 2.75) is 12.5 Å². The summed E-state index contributed by atoms with van der Waals surface area (Å²) in [5.74, 6) is -4.27. The number of amides is 1. The van der Waals surface area contributed by atoms with Crippen molar-refractivity contribution in [3.05, 3.63) is 64.4 Å². The highest BCUT2D eigenvalue weighted by atomic mass is 35.5. The Morgan fingerprint density at radius 1 is 1.22 bits per heavy atom. The molecule has 23 heavy (non-hydrogen) atoms. The monoisotopic (exact) mass is 340 g/mol. The molecule has 8 heteroatoms. The lowest BCUT2D eigenvalue weighted by molar-refractivity contribution is -0.137. The quantitative estimate of drug-likeness (QED) is 0.820. The van der Waals surface area contributed by atoms with Crippen molar-refractivity contribution in [3.63, 3.8) is 0 Å². The molecule has 0 saturated carbocycles. The molecule has 2 aromatic rings. The van der Waals surface area contributed by atoms with Crippen LogP contribution in [-0.2, 0) is 4.79 Å². The number of aromatic nitrogens is 1. The number of benzene rings is 1. The molecule has 5 nitrogen and oxygen atoms in total. The molecule has 1 amide bonds. The number of hydrogen-bond donors (Lipinski definition) is 2. The van der Waals surface area contributed by atoms with Crippen molar-refractivity contribution in [1.82, 2.24) is 10.3 Å². The Morgan fingerprint density at radius 2 is 1.91 bits per heavy atom. The van der Waals surface area contributed by atoms with Crippen LogP contribution in [0, 0.1) is 11.8 Å². The summed E-state index contributed by atoms with van der Waals surface area (Å²) in [5, 5.41) is 11.5. The van der Waals surface area contributed by atoms with Crippen molar-refractivity contribution >= 4 is 23.5 Å². The van der Waals surface area contributed by atoms with E-state index in [0.717, 1.165) is 12.1 Å². The van der Waals surface area contributed by atoms with E-state index in [-0.39, 0.29) is 5.02 Å².